The van der Waals surface area contributed by atoms with Gasteiger partial charge in [-0.15, -0.1) is 0 Å². The van der Waals surface area contributed by atoms with Gasteiger partial charge < -0.3 is 4.90 Å². The van der Waals surface area contributed by atoms with Crippen LogP contribution >= 0.6 is 0 Å². The number of pyridine rings is 1. The van der Waals surface area contributed by atoms with E-state index < -0.39 is 10.0 Å². The van der Waals surface area contributed by atoms with Crippen molar-refractivity contribution in [2.75, 3.05) is 39.3 Å². The summed E-state index contributed by atoms with van der Waals surface area (Å²) >= 11 is 0. The summed E-state index contributed by atoms with van der Waals surface area (Å²) in [7, 11) is -3.51. The van der Waals surface area contributed by atoms with Crippen LogP contribution in [-0.4, -0.2) is 72.7 Å². The fourth-order valence-corrected chi connectivity index (χ4v) is 6.59. The molecular formula is C27H32N4O3S. The molecule has 3 heterocycles. The van der Waals surface area contributed by atoms with Crippen LogP contribution in [0.4, 0.5) is 0 Å². The van der Waals surface area contributed by atoms with Gasteiger partial charge in [0, 0.05) is 63.3 Å². The highest BCUT2D eigenvalue weighted by Gasteiger charge is 2.34. The Morgan fingerprint density at radius 1 is 0.914 bits per heavy atom. The van der Waals surface area contributed by atoms with Crippen molar-refractivity contribution in [3.05, 3.63) is 71.9 Å². The summed E-state index contributed by atoms with van der Waals surface area (Å²) in [5.74, 6) is 0.0668. The molecule has 2 saturated heterocycles. The third-order valence-electron chi connectivity index (χ3n) is 7.26. The van der Waals surface area contributed by atoms with Crippen molar-refractivity contribution < 1.29 is 13.2 Å². The highest BCUT2D eigenvalue weighted by Crippen LogP contribution is 2.26. The number of hydrogen-bond acceptors (Lipinski definition) is 5. The molecule has 7 nitrogen and oxygen atoms in total. The van der Waals surface area contributed by atoms with E-state index in [0.717, 1.165) is 36.1 Å². The van der Waals surface area contributed by atoms with E-state index in [9.17, 15) is 13.2 Å². The number of carbonyl (C=O) groups is 1. The van der Waals surface area contributed by atoms with Gasteiger partial charge in [-0.1, -0.05) is 42.0 Å². The molecule has 2 aliphatic rings. The fourth-order valence-electron chi connectivity index (χ4n) is 5.12. The minimum absolute atomic E-state index is 0.103. The van der Waals surface area contributed by atoms with Gasteiger partial charge in [-0.25, -0.2) is 8.42 Å². The van der Waals surface area contributed by atoms with Gasteiger partial charge in [-0.05, 0) is 43.5 Å². The van der Waals surface area contributed by atoms with Crippen molar-refractivity contribution in [1.29, 1.82) is 0 Å². The monoisotopic (exact) mass is 492 g/mol. The third-order valence-corrected chi connectivity index (χ3v) is 9.17. The zero-order chi connectivity index (χ0) is 24.4. The summed E-state index contributed by atoms with van der Waals surface area (Å²) in [5.41, 5.74) is 3.29. The Balaban J connectivity index is 1.14. The SMILES string of the molecule is Cc1ccc(S(=O)(=O)N2CCC(C(=O)N3CCN(Cc4cccc5cccnc45)CC3)CC2)cc1. The number of aromatic nitrogens is 1. The van der Waals surface area contributed by atoms with Gasteiger partial charge in [0.25, 0.3) is 0 Å². The van der Waals surface area contributed by atoms with E-state index in [4.69, 9.17) is 0 Å². The van der Waals surface area contributed by atoms with Crippen LogP contribution < -0.4 is 0 Å². The Morgan fingerprint density at radius 3 is 2.31 bits per heavy atom. The molecule has 2 aromatic carbocycles. The lowest BCUT2D eigenvalue weighted by molar-refractivity contribution is -0.138. The number of aryl methyl sites for hydroxylation is 1. The zero-order valence-corrected chi connectivity index (χ0v) is 21.0. The van der Waals surface area contributed by atoms with Crippen LogP contribution in [0.15, 0.2) is 65.7 Å². The molecule has 184 valence electrons. The van der Waals surface area contributed by atoms with E-state index in [2.05, 4.69) is 34.1 Å². The van der Waals surface area contributed by atoms with Gasteiger partial charge in [0.15, 0.2) is 0 Å². The Kier molecular flexibility index (Phi) is 6.86. The number of amides is 1. The first-order chi connectivity index (χ1) is 16.9. The Hall–Kier alpha value is -2.81. The van der Waals surface area contributed by atoms with Crippen molar-refractivity contribution in [3.8, 4) is 0 Å². The van der Waals surface area contributed by atoms with E-state index in [0.29, 0.717) is 43.9 Å². The standard InChI is InChI=1S/C27H32N4O3S/c1-21-7-9-25(10-8-21)35(33,34)31-14-11-23(12-15-31)27(32)30-18-16-29(17-19-30)20-24-5-2-4-22-6-3-13-28-26(22)24/h2-10,13,23H,11-12,14-20H2,1H3. The van der Waals surface area contributed by atoms with E-state index in [1.54, 1.807) is 12.1 Å². The van der Waals surface area contributed by atoms with E-state index in [1.165, 1.54) is 9.87 Å². The van der Waals surface area contributed by atoms with Gasteiger partial charge in [0.05, 0.1) is 10.4 Å². The van der Waals surface area contributed by atoms with Crippen LogP contribution in [0.3, 0.4) is 0 Å². The van der Waals surface area contributed by atoms with Gasteiger partial charge >= 0.3 is 0 Å². The average Bonchev–Trinajstić information content (AvgIpc) is 2.89. The van der Waals surface area contributed by atoms with Crippen molar-refractivity contribution in [2.24, 2.45) is 5.92 Å². The number of para-hydroxylation sites is 1. The van der Waals surface area contributed by atoms with Crippen molar-refractivity contribution in [3.63, 3.8) is 0 Å². The zero-order valence-electron chi connectivity index (χ0n) is 20.1. The summed E-state index contributed by atoms with van der Waals surface area (Å²) in [5, 5.41) is 1.15. The summed E-state index contributed by atoms with van der Waals surface area (Å²) in [6, 6.07) is 17.3. The molecule has 2 aliphatic heterocycles. The largest absolute Gasteiger partial charge is 0.340 e. The lowest BCUT2D eigenvalue weighted by Crippen LogP contribution is -2.51. The van der Waals surface area contributed by atoms with Crippen molar-refractivity contribution in [2.45, 2.75) is 31.2 Å². The number of benzene rings is 2. The third kappa shape index (κ3) is 5.10. The molecule has 0 saturated carbocycles. The maximum Gasteiger partial charge on any atom is 0.243 e. The van der Waals surface area contributed by atoms with Crippen LogP contribution in [0.5, 0.6) is 0 Å². The Morgan fingerprint density at radius 2 is 1.60 bits per heavy atom. The first kappa shape index (κ1) is 23.9. The van der Waals surface area contributed by atoms with E-state index >= 15 is 0 Å². The summed E-state index contributed by atoms with van der Waals surface area (Å²) in [6.45, 7) is 6.62. The predicted octanol–water partition coefficient (Wildman–Crippen LogP) is 3.29. The Bertz CT molecular complexity index is 1290. The quantitative estimate of drug-likeness (QED) is 0.547. The number of rotatable bonds is 5. The number of nitrogens with zero attached hydrogens (tertiary/aromatic N) is 4. The van der Waals surface area contributed by atoms with Crippen LogP contribution in [0, 0.1) is 12.8 Å². The molecule has 0 atom stereocenters. The van der Waals surface area contributed by atoms with Gasteiger partial charge in [0.1, 0.15) is 0 Å². The number of fused-ring (bicyclic) bond motifs is 1. The molecule has 0 unspecified atom stereocenters. The second-order valence-electron chi connectivity index (χ2n) is 9.59. The predicted molar refractivity (Wildman–Crippen MR) is 136 cm³/mol. The minimum Gasteiger partial charge on any atom is -0.340 e. The molecule has 2 fully saturated rings. The van der Waals surface area contributed by atoms with Crippen LogP contribution in [-0.2, 0) is 21.4 Å². The first-order valence-corrected chi connectivity index (χ1v) is 13.8. The second kappa shape index (κ2) is 10.0. The lowest BCUT2D eigenvalue weighted by atomic mass is 9.96. The molecule has 0 radical (unpaired) electrons. The number of piperidine rings is 1. The van der Waals surface area contributed by atoms with Gasteiger partial charge in [-0.3, -0.25) is 14.7 Å². The maximum atomic E-state index is 13.2. The highest BCUT2D eigenvalue weighted by molar-refractivity contribution is 7.89. The van der Waals surface area contributed by atoms with Crippen LogP contribution in [0.2, 0.25) is 0 Å². The fraction of sp³-hybridized carbons (Fsp3) is 0.407. The average molecular weight is 493 g/mol. The maximum absolute atomic E-state index is 13.2. The summed E-state index contributed by atoms with van der Waals surface area (Å²) in [4.78, 5) is 22.4. The van der Waals surface area contributed by atoms with E-state index in [1.807, 2.05) is 36.2 Å². The second-order valence-corrected chi connectivity index (χ2v) is 11.5. The summed E-state index contributed by atoms with van der Waals surface area (Å²) in [6.07, 6.45) is 2.98. The highest BCUT2D eigenvalue weighted by atomic mass is 32.2. The molecule has 0 aliphatic carbocycles. The Labute approximate surface area is 207 Å². The molecule has 0 N–H and O–H groups in total. The number of sulfonamides is 1. The molecule has 1 aromatic heterocycles. The molecule has 35 heavy (non-hydrogen) atoms. The van der Waals surface area contributed by atoms with E-state index in [-0.39, 0.29) is 11.8 Å². The smallest absolute Gasteiger partial charge is 0.243 e. The summed E-state index contributed by atoms with van der Waals surface area (Å²) < 4.78 is 27.5. The lowest BCUT2D eigenvalue weighted by Gasteiger charge is -2.38. The van der Waals surface area contributed by atoms with Gasteiger partial charge in [-0.2, -0.15) is 4.31 Å². The first-order valence-electron chi connectivity index (χ1n) is 12.3. The molecule has 5 rings (SSSR count). The molecule has 0 bridgehead atoms. The van der Waals surface area contributed by atoms with Gasteiger partial charge in [0.2, 0.25) is 15.9 Å². The number of hydrogen-bond donors (Lipinski definition) is 0. The minimum atomic E-state index is -3.51. The molecule has 8 heteroatoms. The van der Waals surface area contributed by atoms with Crippen molar-refractivity contribution in [1.82, 2.24) is 19.1 Å². The molecular weight excluding hydrogens is 460 g/mol. The molecule has 3 aromatic rings. The van der Waals surface area contributed by atoms with Crippen LogP contribution in [0.1, 0.15) is 24.0 Å². The molecule has 0 spiro atoms. The number of piperazine rings is 1. The van der Waals surface area contributed by atoms with Crippen molar-refractivity contribution >= 4 is 26.8 Å². The molecule has 1 amide bonds. The topological polar surface area (TPSA) is 73.8 Å². The normalized spacial score (nSPS) is 18.7. The van der Waals surface area contributed by atoms with Crippen LogP contribution in [0.25, 0.3) is 10.9 Å². The number of carbonyl (C=O) groups excluding carboxylic acids is 1.